The van der Waals surface area contributed by atoms with Crippen molar-refractivity contribution in [3.05, 3.63) is 40.9 Å². The SMILES string of the molecule is C=C(C(=O)OCC)c1ccccc1Br. The van der Waals surface area contributed by atoms with Crippen LogP contribution < -0.4 is 0 Å². The van der Waals surface area contributed by atoms with Gasteiger partial charge in [0.25, 0.3) is 0 Å². The molecule has 1 aromatic carbocycles. The van der Waals surface area contributed by atoms with E-state index in [0.717, 1.165) is 10.0 Å². The van der Waals surface area contributed by atoms with Crippen molar-refractivity contribution in [1.29, 1.82) is 0 Å². The van der Waals surface area contributed by atoms with E-state index in [9.17, 15) is 4.79 Å². The van der Waals surface area contributed by atoms with Crippen molar-refractivity contribution in [2.45, 2.75) is 6.92 Å². The summed E-state index contributed by atoms with van der Waals surface area (Å²) in [6.07, 6.45) is 0. The number of hydrogen-bond donors (Lipinski definition) is 0. The first-order valence-corrected chi connectivity index (χ1v) is 5.07. The Morgan fingerprint density at radius 3 is 2.71 bits per heavy atom. The van der Waals surface area contributed by atoms with Crippen LogP contribution >= 0.6 is 15.9 Å². The van der Waals surface area contributed by atoms with E-state index in [1.54, 1.807) is 6.92 Å². The second-order valence-corrected chi connectivity index (χ2v) is 3.53. The van der Waals surface area contributed by atoms with Crippen molar-refractivity contribution in [1.82, 2.24) is 0 Å². The molecule has 0 unspecified atom stereocenters. The van der Waals surface area contributed by atoms with Crippen LogP contribution in [-0.2, 0) is 9.53 Å². The third-order valence-electron chi connectivity index (χ3n) is 1.72. The van der Waals surface area contributed by atoms with E-state index in [-0.39, 0.29) is 5.97 Å². The highest BCUT2D eigenvalue weighted by Crippen LogP contribution is 2.23. The molecule has 0 saturated carbocycles. The lowest BCUT2D eigenvalue weighted by atomic mass is 10.1. The summed E-state index contributed by atoms with van der Waals surface area (Å²) in [6.45, 7) is 5.83. The van der Waals surface area contributed by atoms with Gasteiger partial charge in [-0.25, -0.2) is 4.79 Å². The number of benzene rings is 1. The Kier molecular flexibility index (Phi) is 3.89. The predicted octanol–water partition coefficient (Wildman–Crippen LogP) is 3.03. The minimum Gasteiger partial charge on any atom is -0.462 e. The molecule has 0 aliphatic carbocycles. The Labute approximate surface area is 91.7 Å². The first-order valence-electron chi connectivity index (χ1n) is 4.27. The summed E-state index contributed by atoms with van der Waals surface area (Å²) in [5.41, 5.74) is 1.14. The number of halogens is 1. The van der Waals surface area contributed by atoms with Crippen LogP contribution in [0.1, 0.15) is 12.5 Å². The van der Waals surface area contributed by atoms with Gasteiger partial charge < -0.3 is 4.74 Å². The van der Waals surface area contributed by atoms with Gasteiger partial charge in [-0.2, -0.15) is 0 Å². The average molecular weight is 255 g/mol. The number of hydrogen-bond acceptors (Lipinski definition) is 2. The Balaban J connectivity index is 2.90. The molecule has 0 fully saturated rings. The fraction of sp³-hybridized carbons (Fsp3) is 0.182. The molecule has 0 spiro atoms. The molecule has 0 radical (unpaired) electrons. The summed E-state index contributed by atoms with van der Waals surface area (Å²) in [5.74, 6) is -0.376. The third-order valence-corrected chi connectivity index (χ3v) is 2.41. The highest BCUT2D eigenvalue weighted by molar-refractivity contribution is 9.10. The molecule has 74 valence electrons. The lowest BCUT2D eigenvalue weighted by molar-refractivity contribution is -0.136. The largest absolute Gasteiger partial charge is 0.462 e. The van der Waals surface area contributed by atoms with Crippen LogP contribution in [0, 0.1) is 0 Å². The van der Waals surface area contributed by atoms with Crippen LogP contribution in [0.3, 0.4) is 0 Å². The van der Waals surface area contributed by atoms with Crippen LogP contribution in [0.2, 0.25) is 0 Å². The Morgan fingerprint density at radius 2 is 2.14 bits per heavy atom. The Morgan fingerprint density at radius 1 is 1.50 bits per heavy atom. The van der Waals surface area contributed by atoms with Gasteiger partial charge in [-0.15, -0.1) is 0 Å². The Hall–Kier alpha value is -1.09. The second-order valence-electron chi connectivity index (χ2n) is 2.68. The monoisotopic (exact) mass is 254 g/mol. The summed E-state index contributed by atoms with van der Waals surface area (Å²) in [6, 6.07) is 7.42. The summed E-state index contributed by atoms with van der Waals surface area (Å²) in [7, 11) is 0. The molecule has 0 aliphatic rings. The molecule has 1 rings (SSSR count). The van der Waals surface area contributed by atoms with Crippen LogP contribution in [0.15, 0.2) is 35.3 Å². The maximum atomic E-state index is 11.4. The standard InChI is InChI=1S/C11H11BrO2/c1-3-14-11(13)8(2)9-6-4-5-7-10(9)12/h4-7H,2-3H2,1H3. The molecule has 0 aliphatic heterocycles. The fourth-order valence-corrected chi connectivity index (χ4v) is 1.56. The van der Waals surface area contributed by atoms with Crippen LogP contribution in [-0.4, -0.2) is 12.6 Å². The van der Waals surface area contributed by atoms with Crippen LogP contribution in [0.4, 0.5) is 0 Å². The normalized spacial score (nSPS) is 9.57. The molecule has 0 saturated heterocycles. The van der Waals surface area contributed by atoms with Gasteiger partial charge in [0.05, 0.1) is 12.2 Å². The van der Waals surface area contributed by atoms with E-state index in [1.165, 1.54) is 0 Å². The molecular weight excluding hydrogens is 244 g/mol. The molecule has 0 heterocycles. The van der Waals surface area contributed by atoms with E-state index in [0.29, 0.717) is 12.2 Å². The molecular formula is C11H11BrO2. The maximum absolute atomic E-state index is 11.4. The summed E-state index contributed by atoms with van der Waals surface area (Å²) < 4.78 is 5.70. The average Bonchev–Trinajstić information content (AvgIpc) is 2.18. The number of carbonyl (C=O) groups is 1. The van der Waals surface area contributed by atoms with Gasteiger partial charge in [-0.1, -0.05) is 40.7 Å². The van der Waals surface area contributed by atoms with Gasteiger partial charge in [0.2, 0.25) is 0 Å². The van der Waals surface area contributed by atoms with E-state index < -0.39 is 0 Å². The van der Waals surface area contributed by atoms with Gasteiger partial charge in [0.1, 0.15) is 0 Å². The van der Waals surface area contributed by atoms with Crippen LogP contribution in [0.5, 0.6) is 0 Å². The molecule has 2 nitrogen and oxygen atoms in total. The minimum absolute atomic E-state index is 0.363. The molecule has 1 aromatic rings. The minimum atomic E-state index is -0.376. The number of ether oxygens (including phenoxy) is 1. The highest BCUT2D eigenvalue weighted by atomic mass is 79.9. The summed E-state index contributed by atoms with van der Waals surface area (Å²) in [5, 5.41) is 0. The molecule has 0 aromatic heterocycles. The number of esters is 1. The van der Waals surface area contributed by atoms with E-state index in [1.807, 2.05) is 24.3 Å². The van der Waals surface area contributed by atoms with E-state index in [2.05, 4.69) is 22.5 Å². The Bertz CT molecular complexity index is 358. The van der Waals surface area contributed by atoms with Crippen molar-refractivity contribution < 1.29 is 9.53 Å². The first kappa shape index (κ1) is 11.0. The lowest BCUT2D eigenvalue weighted by Crippen LogP contribution is -2.06. The van der Waals surface area contributed by atoms with Gasteiger partial charge in [-0.05, 0) is 13.0 Å². The topological polar surface area (TPSA) is 26.3 Å². The second kappa shape index (κ2) is 4.96. The zero-order chi connectivity index (χ0) is 10.6. The van der Waals surface area contributed by atoms with Gasteiger partial charge in [-0.3, -0.25) is 0 Å². The summed E-state index contributed by atoms with van der Waals surface area (Å²) >= 11 is 3.35. The van der Waals surface area contributed by atoms with Gasteiger partial charge >= 0.3 is 5.97 Å². The van der Waals surface area contributed by atoms with Crippen molar-refractivity contribution >= 4 is 27.5 Å². The summed E-state index contributed by atoms with van der Waals surface area (Å²) in [4.78, 5) is 11.4. The van der Waals surface area contributed by atoms with E-state index >= 15 is 0 Å². The van der Waals surface area contributed by atoms with Crippen molar-refractivity contribution in [3.8, 4) is 0 Å². The van der Waals surface area contributed by atoms with Crippen LogP contribution in [0.25, 0.3) is 5.57 Å². The molecule has 0 N–H and O–H groups in total. The highest BCUT2D eigenvalue weighted by Gasteiger charge is 2.12. The van der Waals surface area contributed by atoms with E-state index in [4.69, 9.17) is 4.74 Å². The molecule has 0 bridgehead atoms. The maximum Gasteiger partial charge on any atom is 0.338 e. The van der Waals surface area contributed by atoms with Gasteiger partial charge in [0, 0.05) is 10.0 Å². The zero-order valence-electron chi connectivity index (χ0n) is 7.92. The predicted molar refractivity (Wildman–Crippen MR) is 59.8 cm³/mol. The molecule has 3 heteroatoms. The fourth-order valence-electron chi connectivity index (χ4n) is 1.03. The van der Waals surface area contributed by atoms with Crippen molar-refractivity contribution in [3.63, 3.8) is 0 Å². The van der Waals surface area contributed by atoms with Crippen molar-refractivity contribution in [2.75, 3.05) is 6.61 Å². The number of carbonyl (C=O) groups excluding carboxylic acids is 1. The molecule has 14 heavy (non-hydrogen) atoms. The zero-order valence-corrected chi connectivity index (χ0v) is 9.50. The first-order chi connectivity index (χ1) is 6.66. The molecule has 0 amide bonds. The molecule has 0 atom stereocenters. The lowest BCUT2D eigenvalue weighted by Gasteiger charge is -2.06. The smallest absolute Gasteiger partial charge is 0.338 e. The van der Waals surface area contributed by atoms with Crippen molar-refractivity contribution in [2.24, 2.45) is 0 Å². The van der Waals surface area contributed by atoms with Gasteiger partial charge in [0.15, 0.2) is 0 Å². The third kappa shape index (κ3) is 2.45. The quantitative estimate of drug-likeness (QED) is 0.613. The number of rotatable bonds is 3.